The molecule has 1 fully saturated rings. The number of aromatic nitrogens is 2. The van der Waals surface area contributed by atoms with Gasteiger partial charge in [0.25, 0.3) is 0 Å². The Morgan fingerprint density at radius 3 is 2.56 bits per heavy atom. The van der Waals surface area contributed by atoms with Crippen molar-refractivity contribution >= 4 is 23.6 Å². The van der Waals surface area contributed by atoms with E-state index in [1.54, 1.807) is 19.9 Å². The summed E-state index contributed by atoms with van der Waals surface area (Å²) in [6.45, 7) is 3.60. The van der Waals surface area contributed by atoms with Crippen molar-refractivity contribution in [2.45, 2.75) is 52.0 Å². The molecule has 1 N–H and O–H groups in total. The van der Waals surface area contributed by atoms with Crippen LogP contribution in [-0.4, -0.2) is 21.1 Å². The molecule has 0 spiro atoms. The number of carbonyl (C=O) groups is 1. The van der Waals surface area contributed by atoms with E-state index in [0.717, 1.165) is 24.0 Å². The third-order valence-corrected chi connectivity index (χ3v) is 4.85. The zero-order chi connectivity index (χ0) is 18.0. The third-order valence-electron chi connectivity index (χ3n) is 4.62. The van der Waals surface area contributed by atoms with Crippen molar-refractivity contribution in [1.29, 1.82) is 0 Å². The highest BCUT2D eigenvalue weighted by Crippen LogP contribution is 2.32. The minimum atomic E-state index is -0.392. The van der Waals surface area contributed by atoms with Gasteiger partial charge in [-0.15, -0.1) is 12.6 Å². The van der Waals surface area contributed by atoms with E-state index in [0.29, 0.717) is 28.9 Å². The number of nitrogens with zero attached hydrogens (tertiary/aromatic N) is 2. The van der Waals surface area contributed by atoms with Gasteiger partial charge in [0.15, 0.2) is 0 Å². The molecule has 0 saturated heterocycles. The molecule has 25 heavy (non-hydrogen) atoms. The van der Waals surface area contributed by atoms with Crippen LogP contribution in [0.15, 0.2) is 18.2 Å². The molecule has 1 aromatic carbocycles. The molecule has 132 valence electrons. The van der Waals surface area contributed by atoms with E-state index in [1.165, 1.54) is 31.4 Å². The van der Waals surface area contributed by atoms with Gasteiger partial charge < -0.3 is 5.32 Å². The summed E-state index contributed by atoms with van der Waals surface area (Å²) in [7, 11) is 0. The van der Waals surface area contributed by atoms with E-state index in [4.69, 9.17) is 0 Å². The van der Waals surface area contributed by atoms with Crippen LogP contribution in [0.3, 0.4) is 0 Å². The molecular weight excluding hydrogens is 337 g/mol. The lowest BCUT2D eigenvalue weighted by atomic mass is 9.95. The lowest BCUT2D eigenvalue weighted by molar-refractivity contribution is 0.109. The highest BCUT2D eigenvalue weighted by Gasteiger charge is 2.23. The van der Waals surface area contributed by atoms with Crippen molar-refractivity contribution in [2.75, 3.05) is 5.32 Å². The number of halogens is 1. The summed E-state index contributed by atoms with van der Waals surface area (Å²) in [6.07, 6.45) is 5.73. The van der Waals surface area contributed by atoms with Crippen LogP contribution >= 0.6 is 12.6 Å². The van der Waals surface area contributed by atoms with E-state index >= 15 is 0 Å². The van der Waals surface area contributed by atoms with E-state index in [-0.39, 0.29) is 5.82 Å². The maximum Gasteiger partial charge on any atom is 0.222 e. The number of carbonyl (C=O) groups excluding carboxylic acids is 1. The lowest BCUT2D eigenvalue weighted by Crippen LogP contribution is -2.24. The van der Waals surface area contributed by atoms with E-state index < -0.39 is 5.12 Å². The number of hydrogen-bond donors (Lipinski definition) is 2. The van der Waals surface area contributed by atoms with E-state index in [2.05, 4.69) is 27.9 Å². The van der Waals surface area contributed by atoms with Crippen LogP contribution in [0.25, 0.3) is 11.3 Å². The molecule has 1 aromatic heterocycles. The zero-order valence-electron chi connectivity index (χ0n) is 14.5. The first-order chi connectivity index (χ1) is 12.0. The number of hydrogen-bond acceptors (Lipinski definition) is 4. The molecule has 0 bridgehead atoms. The molecule has 1 aliphatic rings. The van der Waals surface area contributed by atoms with Gasteiger partial charge in [-0.25, -0.2) is 14.4 Å². The predicted molar refractivity (Wildman–Crippen MR) is 101 cm³/mol. The van der Waals surface area contributed by atoms with Crippen LogP contribution in [-0.2, 0) is 0 Å². The third kappa shape index (κ3) is 4.00. The highest BCUT2D eigenvalue weighted by molar-refractivity contribution is 7.97. The van der Waals surface area contributed by atoms with Gasteiger partial charge in [-0.1, -0.05) is 19.3 Å². The fraction of sp³-hybridized carbons (Fsp3) is 0.421. The van der Waals surface area contributed by atoms with Gasteiger partial charge >= 0.3 is 0 Å². The minimum absolute atomic E-state index is 0.302. The number of rotatable bonds is 4. The predicted octanol–water partition coefficient (Wildman–Crippen LogP) is 4.71. The Balaban J connectivity index is 2.09. The van der Waals surface area contributed by atoms with Gasteiger partial charge in [0.1, 0.15) is 17.5 Å². The summed E-state index contributed by atoms with van der Waals surface area (Å²) < 4.78 is 13.5. The van der Waals surface area contributed by atoms with Crippen LogP contribution in [0.4, 0.5) is 10.2 Å². The van der Waals surface area contributed by atoms with E-state index in [9.17, 15) is 9.18 Å². The quantitative estimate of drug-likeness (QED) is 0.776. The second-order valence-corrected chi connectivity index (χ2v) is 6.99. The SMILES string of the molecule is Cc1nc(NC2CCCCC2)c(C(=O)S)c(-c2ccc(F)cc2C)n1. The molecule has 0 aliphatic heterocycles. The zero-order valence-corrected chi connectivity index (χ0v) is 15.4. The Labute approximate surface area is 152 Å². The normalized spacial score (nSPS) is 15.2. The molecule has 1 saturated carbocycles. The topological polar surface area (TPSA) is 54.9 Å². The molecular formula is C19H22FN3OS. The van der Waals surface area contributed by atoms with Crippen LogP contribution in [0.1, 0.15) is 53.8 Å². The number of anilines is 1. The molecule has 2 aromatic rings. The molecule has 0 amide bonds. The number of benzene rings is 1. The maximum atomic E-state index is 13.5. The lowest BCUT2D eigenvalue weighted by Gasteiger charge is -2.25. The van der Waals surface area contributed by atoms with Crippen molar-refractivity contribution in [3.05, 3.63) is 41.0 Å². The average Bonchev–Trinajstić information content (AvgIpc) is 2.54. The molecule has 6 heteroatoms. The Morgan fingerprint density at radius 2 is 1.92 bits per heavy atom. The molecule has 3 rings (SSSR count). The Hall–Kier alpha value is -1.95. The molecule has 0 radical (unpaired) electrons. The van der Waals surface area contributed by atoms with Gasteiger partial charge in [-0.3, -0.25) is 4.79 Å². The van der Waals surface area contributed by atoms with Gasteiger partial charge in [-0.2, -0.15) is 0 Å². The smallest absolute Gasteiger partial charge is 0.222 e. The fourth-order valence-corrected chi connectivity index (χ4v) is 3.62. The Kier molecular flexibility index (Phi) is 5.37. The highest BCUT2D eigenvalue weighted by atomic mass is 32.1. The van der Waals surface area contributed by atoms with E-state index in [1.807, 2.05) is 0 Å². The van der Waals surface area contributed by atoms with Crippen molar-refractivity contribution in [1.82, 2.24) is 9.97 Å². The summed E-state index contributed by atoms with van der Waals surface area (Å²) in [6, 6.07) is 4.77. The molecule has 1 heterocycles. The van der Waals surface area contributed by atoms with Gasteiger partial charge in [0, 0.05) is 11.6 Å². The number of aryl methyl sites for hydroxylation is 2. The second kappa shape index (κ2) is 7.52. The molecule has 1 aliphatic carbocycles. The van der Waals surface area contributed by atoms with Crippen molar-refractivity contribution in [3.63, 3.8) is 0 Å². The Morgan fingerprint density at radius 1 is 1.20 bits per heavy atom. The first-order valence-electron chi connectivity index (χ1n) is 8.60. The standard InChI is InChI=1S/C19H22FN3OS/c1-11-10-13(20)8-9-15(11)17-16(19(24)25)18(22-12(2)21-17)23-14-6-4-3-5-7-14/h8-10,14H,3-7H2,1-2H3,(H,24,25)(H,21,22,23). The monoisotopic (exact) mass is 359 g/mol. The van der Waals surface area contributed by atoms with Crippen molar-refractivity contribution in [2.24, 2.45) is 0 Å². The van der Waals surface area contributed by atoms with Crippen LogP contribution in [0, 0.1) is 19.7 Å². The molecule has 0 atom stereocenters. The van der Waals surface area contributed by atoms with Gasteiger partial charge in [0.05, 0.1) is 11.3 Å². The van der Waals surface area contributed by atoms with Gasteiger partial charge in [0.2, 0.25) is 5.12 Å². The first-order valence-corrected chi connectivity index (χ1v) is 9.05. The Bertz CT molecular complexity index is 803. The summed E-state index contributed by atoms with van der Waals surface area (Å²) in [4.78, 5) is 21.2. The summed E-state index contributed by atoms with van der Waals surface area (Å²) >= 11 is 4.05. The van der Waals surface area contributed by atoms with Crippen LogP contribution in [0.2, 0.25) is 0 Å². The maximum absolute atomic E-state index is 13.5. The fourth-order valence-electron chi connectivity index (χ4n) is 3.41. The number of thiol groups is 1. The van der Waals surface area contributed by atoms with Crippen molar-refractivity contribution in [3.8, 4) is 11.3 Å². The van der Waals surface area contributed by atoms with Crippen molar-refractivity contribution < 1.29 is 9.18 Å². The summed E-state index contributed by atoms with van der Waals surface area (Å²) in [5, 5.41) is 3.03. The molecule has 0 unspecified atom stereocenters. The van der Waals surface area contributed by atoms with Crippen LogP contribution in [0.5, 0.6) is 0 Å². The second-order valence-electron chi connectivity index (χ2n) is 6.59. The average molecular weight is 359 g/mol. The minimum Gasteiger partial charge on any atom is -0.367 e. The molecule has 4 nitrogen and oxygen atoms in total. The number of nitrogens with one attached hydrogen (secondary N) is 1. The van der Waals surface area contributed by atoms with Crippen LogP contribution < -0.4 is 5.32 Å². The summed E-state index contributed by atoms with van der Waals surface area (Å²) in [5.74, 6) is 0.778. The largest absolute Gasteiger partial charge is 0.367 e. The van der Waals surface area contributed by atoms with Gasteiger partial charge in [-0.05, 0) is 50.5 Å². The first kappa shape index (κ1) is 17.9. The summed E-state index contributed by atoms with van der Waals surface area (Å²) in [5.41, 5.74) is 2.30.